The maximum absolute atomic E-state index is 13.4. The molecule has 1 fully saturated rings. The summed E-state index contributed by atoms with van der Waals surface area (Å²) < 4.78 is 14.2. The van der Waals surface area contributed by atoms with E-state index in [2.05, 4.69) is 20.1 Å². The summed E-state index contributed by atoms with van der Waals surface area (Å²) in [5, 5.41) is 14.7. The number of hydrogen-bond acceptors (Lipinski definition) is 7. The summed E-state index contributed by atoms with van der Waals surface area (Å²) in [6.45, 7) is 4.23. The zero-order valence-corrected chi connectivity index (χ0v) is 18.0. The molecule has 0 aliphatic carbocycles. The summed E-state index contributed by atoms with van der Waals surface area (Å²) in [7, 11) is 0. The lowest BCUT2D eigenvalue weighted by Gasteiger charge is -2.34. The number of nitrogens with one attached hydrogen (secondary N) is 1. The summed E-state index contributed by atoms with van der Waals surface area (Å²) in [6, 6.07) is 8.41. The molecule has 0 atom stereocenters. The van der Waals surface area contributed by atoms with Crippen LogP contribution in [0.3, 0.4) is 0 Å². The van der Waals surface area contributed by atoms with E-state index in [1.165, 1.54) is 41.7 Å². The Kier molecular flexibility index (Phi) is 6.30. The van der Waals surface area contributed by atoms with Crippen LogP contribution in [0.1, 0.15) is 10.4 Å². The molecule has 0 bridgehead atoms. The SMILES string of the molecule is O=C(NCCN1CCN(c2nc3ccc(F)cc3s2)CC1)c1cc([N+](=O)[O-])ccc1Cl. The minimum atomic E-state index is -0.561. The molecule has 4 rings (SSSR count). The van der Waals surface area contributed by atoms with Crippen LogP contribution in [-0.4, -0.2) is 60.0 Å². The van der Waals surface area contributed by atoms with E-state index < -0.39 is 10.8 Å². The normalized spacial score (nSPS) is 14.7. The molecule has 0 unspecified atom stereocenters. The van der Waals surface area contributed by atoms with Gasteiger partial charge in [0.25, 0.3) is 11.6 Å². The Morgan fingerprint density at radius 3 is 2.74 bits per heavy atom. The molecule has 8 nitrogen and oxygen atoms in total. The number of anilines is 1. The number of carbonyl (C=O) groups is 1. The lowest BCUT2D eigenvalue weighted by atomic mass is 10.2. The molecule has 1 aliphatic heterocycles. The predicted molar refractivity (Wildman–Crippen MR) is 119 cm³/mol. The molecule has 0 radical (unpaired) electrons. The third-order valence-electron chi connectivity index (χ3n) is 5.10. The number of nitro groups is 1. The van der Waals surface area contributed by atoms with Crippen LogP contribution in [0.25, 0.3) is 10.2 Å². The Morgan fingerprint density at radius 2 is 2.00 bits per heavy atom. The number of thiazole rings is 1. The van der Waals surface area contributed by atoms with Crippen molar-refractivity contribution in [2.75, 3.05) is 44.2 Å². The monoisotopic (exact) mass is 463 g/mol. The number of benzene rings is 2. The molecule has 0 saturated carbocycles. The second-order valence-electron chi connectivity index (χ2n) is 7.11. The largest absolute Gasteiger partial charge is 0.351 e. The van der Waals surface area contributed by atoms with Crippen LogP contribution < -0.4 is 10.2 Å². The number of non-ortho nitro benzene ring substituents is 1. The highest BCUT2D eigenvalue weighted by atomic mass is 35.5. The number of nitro benzene ring substituents is 1. The molecule has 1 amide bonds. The molecule has 1 N–H and O–H groups in total. The predicted octanol–water partition coefficient (Wildman–Crippen LogP) is 3.55. The van der Waals surface area contributed by atoms with Crippen molar-refractivity contribution in [2.45, 2.75) is 0 Å². The van der Waals surface area contributed by atoms with Crippen molar-refractivity contribution in [3.05, 3.63) is 62.9 Å². The van der Waals surface area contributed by atoms with Gasteiger partial charge >= 0.3 is 0 Å². The fourth-order valence-electron chi connectivity index (χ4n) is 3.41. The average molecular weight is 464 g/mol. The van der Waals surface area contributed by atoms with Gasteiger partial charge in [-0.05, 0) is 24.3 Å². The van der Waals surface area contributed by atoms with Crippen molar-refractivity contribution in [2.24, 2.45) is 0 Å². The van der Waals surface area contributed by atoms with Gasteiger partial charge in [-0.3, -0.25) is 19.8 Å². The number of aromatic nitrogens is 1. The Bertz CT molecular complexity index is 1130. The Hall–Kier alpha value is -2.82. The van der Waals surface area contributed by atoms with E-state index in [4.69, 9.17) is 11.6 Å². The van der Waals surface area contributed by atoms with Crippen LogP contribution >= 0.6 is 22.9 Å². The van der Waals surface area contributed by atoms with Gasteiger partial charge in [-0.1, -0.05) is 22.9 Å². The first kappa shape index (κ1) is 21.4. The van der Waals surface area contributed by atoms with Gasteiger partial charge < -0.3 is 10.2 Å². The smallest absolute Gasteiger partial charge is 0.270 e. The second kappa shape index (κ2) is 9.13. The summed E-state index contributed by atoms with van der Waals surface area (Å²) in [5.41, 5.74) is 0.711. The number of hydrogen-bond donors (Lipinski definition) is 1. The lowest BCUT2D eigenvalue weighted by Crippen LogP contribution is -2.48. The minimum absolute atomic E-state index is 0.0907. The van der Waals surface area contributed by atoms with Gasteiger partial charge in [0.1, 0.15) is 5.82 Å². The van der Waals surface area contributed by atoms with Crippen LogP contribution in [-0.2, 0) is 0 Å². The maximum atomic E-state index is 13.4. The van der Waals surface area contributed by atoms with Crippen molar-refractivity contribution in [3.63, 3.8) is 0 Å². The number of fused-ring (bicyclic) bond motifs is 1. The van der Waals surface area contributed by atoms with Crippen molar-refractivity contribution in [3.8, 4) is 0 Å². The summed E-state index contributed by atoms with van der Waals surface area (Å²) >= 11 is 7.49. The van der Waals surface area contributed by atoms with E-state index in [-0.39, 0.29) is 22.1 Å². The van der Waals surface area contributed by atoms with Gasteiger partial charge in [-0.25, -0.2) is 9.37 Å². The van der Waals surface area contributed by atoms with Gasteiger partial charge in [0.05, 0.1) is 25.7 Å². The molecule has 1 aromatic heterocycles. The van der Waals surface area contributed by atoms with Crippen molar-refractivity contribution < 1.29 is 14.1 Å². The summed E-state index contributed by atoms with van der Waals surface area (Å²) in [4.78, 5) is 31.7. The van der Waals surface area contributed by atoms with Gasteiger partial charge in [-0.2, -0.15) is 0 Å². The molecule has 2 aromatic carbocycles. The van der Waals surface area contributed by atoms with E-state index in [1.807, 2.05) is 0 Å². The fourth-order valence-corrected chi connectivity index (χ4v) is 4.65. The van der Waals surface area contributed by atoms with Crippen LogP contribution in [0, 0.1) is 15.9 Å². The highest BCUT2D eigenvalue weighted by molar-refractivity contribution is 7.22. The number of carbonyl (C=O) groups excluding carboxylic acids is 1. The standard InChI is InChI=1S/C20H19ClFN5O3S/c21-16-3-2-14(27(29)30)12-15(16)19(28)23-5-6-25-7-9-26(10-8-25)20-24-17-4-1-13(22)11-18(17)31-20/h1-4,11-12H,5-10H2,(H,23,28). The number of piperazine rings is 1. The Labute approximate surface area is 186 Å². The van der Waals surface area contributed by atoms with Crippen LogP contribution in [0.5, 0.6) is 0 Å². The highest BCUT2D eigenvalue weighted by Gasteiger charge is 2.20. The van der Waals surface area contributed by atoms with E-state index >= 15 is 0 Å². The summed E-state index contributed by atoms with van der Waals surface area (Å²) in [6.07, 6.45) is 0. The highest BCUT2D eigenvalue weighted by Crippen LogP contribution is 2.29. The van der Waals surface area contributed by atoms with Crippen LogP contribution in [0.4, 0.5) is 15.2 Å². The zero-order valence-electron chi connectivity index (χ0n) is 16.4. The quantitative estimate of drug-likeness (QED) is 0.444. The lowest BCUT2D eigenvalue weighted by molar-refractivity contribution is -0.384. The first-order chi connectivity index (χ1) is 14.9. The van der Waals surface area contributed by atoms with E-state index in [0.29, 0.717) is 13.1 Å². The van der Waals surface area contributed by atoms with Crippen molar-refractivity contribution in [1.82, 2.24) is 15.2 Å². The second-order valence-corrected chi connectivity index (χ2v) is 8.53. The molecule has 162 valence electrons. The van der Waals surface area contributed by atoms with E-state index in [0.717, 1.165) is 41.5 Å². The van der Waals surface area contributed by atoms with E-state index in [9.17, 15) is 19.3 Å². The maximum Gasteiger partial charge on any atom is 0.270 e. The molecular formula is C20H19ClFN5O3S. The third-order valence-corrected chi connectivity index (χ3v) is 6.51. The van der Waals surface area contributed by atoms with Gasteiger partial charge in [-0.15, -0.1) is 0 Å². The molecular weight excluding hydrogens is 445 g/mol. The van der Waals surface area contributed by atoms with E-state index in [1.54, 1.807) is 6.07 Å². The summed E-state index contributed by atoms with van der Waals surface area (Å²) in [5.74, 6) is -0.699. The molecule has 31 heavy (non-hydrogen) atoms. The first-order valence-electron chi connectivity index (χ1n) is 9.66. The van der Waals surface area contributed by atoms with Crippen molar-refractivity contribution in [1.29, 1.82) is 0 Å². The number of halogens is 2. The molecule has 1 saturated heterocycles. The number of rotatable bonds is 6. The number of nitrogens with zero attached hydrogens (tertiary/aromatic N) is 4. The molecule has 0 spiro atoms. The Balaban J connectivity index is 1.27. The van der Waals surface area contributed by atoms with Crippen molar-refractivity contribution >= 4 is 49.9 Å². The Morgan fingerprint density at radius 1 is 1.23 bits per heavy atom. The molecule has 2 heterocycles. The third kappa shape index (κ3) is 4.92. The molecule has 3 aromatic rings. The molecule has 11 heteroatoms. The van der Waals surface area contributed by atoms with Gasteiger partial charge in [0, 0.05) is 51.4 Å². The minimum Gasteiger partial charge on any atom is -0.351 e. The van der Waals surface area contributed by atoms with Gasteiger partial charge in [0.2, 0.25) is 0 Å². The zero-order chi connectivity index (χ0) is 22.0. The number of amides is 1. The van der Waals surface area contributed by atoms with Crippen LogP contribution in [0.2, 0.25) is 5.02 Å². The average Bonchev–Trinajstić information content (AvgIpc) is 3.17. The van der Waals surface area contributed by atoms with Crippen LogP contribution in [0.15, 0.2) is 36.4 Å². The fraction of sp³-hybridized carbons (Fsp3) is 0.300. The molecule has 1 aliphatic rings. The van der Waals surface area contributed by atoms with Gasteiger partial charge in [0.15, 0.2) is 5.13 Å². The topological polar surface area (TPSA) is 91.6 Å². The first-order valence-corrected chi connectivity index (χ1v) is 10.9.